The van der Waals surface area contributed by atoms with E-state index < -0.39 is 0 Å². The van der Waals surface area contributed by atoms with E-state index in [9.17, 15) is 4.79 Å². The van der Waals surface area contributed by atoms with Crippen LogP contribution in [-0.2, 0) is 4.79 Å². The number of carbonyl (C=O) groups is 1. The molecule has 0 saturated carbocycles. The minimum absolute atomic E-state index is 0.0185. The van der Waals surface area contributed by atoms with Crippen molar-refractivity contribution in [2.45, 2.75) is 20.3 Å². The Labute approximate surface area is 66.2 Å². The second kappa shape index (κ2) is 4.22. The molecule has 0 fully saturated rings. The van der Waals surface area contributed by atoms with Gasteiger partial charge in [0.1, 0.15) is 0 Å². The molecule has 0 aliphatic heterocycles. The molecule has 58 valence electrons. The fourth-order valence-electron chi connectivity index (χ4n) is 0.646. The molecular weight excluding hydrogens is 148 g/mol. The number of nitrogens with zero attached hydrogens (tertiary/aromatic N) is 1. The van der Waals surface area contributed by atoms with E-state index in [-0.39, 0.29) is 11.0 Å². The van der Waals surface area contributed by atoms with Crippen LogP contribution in [0.5, 0.6) is 0 Å². The third-order valence-electron chi connectivity index (χ3n) is 1.19. The van der Waals surface area contributed by atoms with Crippen LogP contribution < -0.4 is 5.73 Å². The first kappa shape index (κ1) is 9.36. The second-order valence-corrected chi connectivity index (χ2v) is 2.25. The highest BCUT2D eigenvalue weighted by molar-refractivity contribution is 7.80. The zero-order valence-electron chi connectivity index (χ0n) is 6.26. The molecule has 10 heavy (non-hydrogen) atoms. The van der Waals surface area contributed by atoms with Crippen LogP contribution in [-0.4, -0.2) is 22.5 Å². The number of hydrogen-bond acceptors (Lipinski definition) is 2. The van der Waals surface area contributed by atoms with Crippen LogP contribution in [0, 0.1) is 0 Å². The highest BCUT2D eigenvalue weighted by Gasteiger charge is 2.10. The van der Waals surface area contributed by atoms with Gasteiger partial charge in [-0.15, -0.1) is 0 Å². The number of carbonyl (C=O) groups excluding carboxylic acids is 1. The molecule has 0 saturated heterocycles. The van der Waals surface area contributed by atoms with Crippen LogP contribution in [0.2, 0.25) is 0 Å². The number of hydrogen-bond donors (Lipinski definition) is 1. The molecule has 3 nitrogen and oxygen atoms in total. The lowest BCUT2D eigenvalue weighted by Crippen LogP contribution is -2.39. The van der Waals surface area contributed by atoms with Crippen molar-refractivity contribution >= 4 is 23.2 Å². The molecular formula is C6H12N2OS. The van der Waals surface area contributed by atoms with E-state index in [4.69, 9.17) is 5.73 Å². The topological polar surface area (TPSA) is 46.3 Å². The predicted molar refractivity (Wildman–Crippen MR) is 44.5 cm³/mol. The van der Waals surface area contributed by atoms with Gasteiger partial charge in [0.25, 0.3) is 0 Å². The second-order valence-electron chi connectivity index (χ2n) is 1.83. The van der Waals surface area contributed by atoms with Crippen LogP contribution in [0.1, 0.15) is 20.3 Å². The van der Waals surface area contributed by atoms with Gasteiger partial charge in [0, 0.05) is 13.0 Å². The average molecular weight is 160 g/mol. The Morgan fingerprint density at radius 1 is 1.60 bits per heavy atom. The van der Waals surface area contributed by atoms with E-state index in [0.29, 0.717) is 13.0 Å². The Morgan fingerprint density at radius 3 is 2.20 bits per heavy atom. The Bertz CT molecular complexity index is 147. The molecule has 0 aromatic carbocycles. The van der Waals surface area contributed by atoms with E-state index in [1.165, 1.54) is 4.90 Å². The first-order valence-corrected chi connectivity index (χ1v) is 3.64. The molecule has 0 radical (unpaired) electrons. The summed E-state index contributed by atoms with van der Waals surface area (Å²) < 4.78 is 0. The van der Waals surface area contributed by atoms with E-state index >= 15 is 0 Å². The predicted octanol–water partition coefficient (Wildman–Crippen LogP) is 0.489. The van der Waals surface area contributed by atoms with E-state index in [2.05, 4.69) is 12.2 Å². The minimum Gasteiger partial charge on any atom is -0.376 e. The lowest BCUT2D eigenvalue weighted by atomic mass is 10.4. The fraction of sp³-hybridized carbons (Fsp3) is 0.667. The molecule has 1 amide bonds. The van der Waals surface area contributed by atoms with Crippen molar-refractivity contribution in [3.05, 3.63) is 0 Å². The largest absolute Gasteiger partial charge is 0.376 e. The number of rotatable bonds is 2. The molecule has 0 unspecified atom stereocenters. The summed E-state index contributed by atoms with van der Waals surface area (Å²) in [5, 5.41) is 0.161. The lowest BCUT2D eigenvalue weighted by Gasteiger charge is -2.16. The summed E-state index contributed by atoms with van der Waals surface area (Å²) >= 11 is 4.64. The summed E-state index contributed by atoms with van der Waals surface area (Å²) in [6, 6.07) is 0. The van der Waals surface area contributed by atoms with Gasteiger partial charge >= 0.3 is 0 Å². The summed E-state index contributed by atoms with van der Waals surface area (Å²) in [6.45, 7) is 4.18. The monoisotopic (exact) mass is 160 g/mol. The standard InChI is InChI=1S/C6H12N2OS/c1-3-5(9)8(4-2)6(7)10/h3-4H2,1-2H3,(H2,7,10). The maximum absolute atomic E-state index is 10.9. The zero-order chi connectivity index (χ0) is 8.15. The van der Waals surface area contributed by atoms with Gasteiger partial charge in [-0.1, -0.05) is 6.92 Å². The average Bonchev–Trinajstić information content (AvgIpc) is 1.88. The molecule has 0 rings (SSSR count). The zero-order valence-corrected chi connectivity index (χ0v) is 7.07. The van der Waals surface area contributed by atoms with Gasteiger partial charge in [-0.25, -0.2) is 0 Å². The quantitative estimate of drug-likeness (QED) is 0.598. The SMILES string of the molecule is CCC(=O)N(CC)C(N)=S. The Kier molecular flexibility index (Phi) is 3.95. The lowest BCUT2D eigenvalue weighted by molar-refractivity contribution is -0.126. The highest BCUT2D eigenvalue weighted by atomic mass is 32.1. The normalized spacial score (nSPS) is 9.00. The van der Waals surface area contributed by atoms with Crippen molar-refractivity contribution in [1.29, 1.82) is 0 Å². The highest BCUT2D eigenvalue weighted by Crippen LogP contribution is 1.92. The van der Waals surface area contributed by atoms with Gasteiger partial charge < -0.3 is 5.73 Å². The third-order valence-corrected chi connectivity index (χ3v) is 1.41. The van der Waals surface area contributed by atoms with Crippen molar-refractivity contribution in [1.82, 2.24) is 4.90 Å². The van der Waals surface area contributed by atoms with E-state index in [1.54, 1.807) is 6.92 Å². The molecule has 0 aromatic rings. The van der Waals surface area contributed by atoms with Crippen molar-refractivity contribution < 1.29 is 4.79 Å². The molecule has 0 atom stereocenters. The van der Waals surface area contributed by atoms with E-state index in [0.717, 1.165) is 0 Å². The molecule has 0 bridgehead atoms. The first-order valence-electron chi connectivity index (χ1n) is 3.23. The van der Waals surface area contributed by atoms with Gasteiger partial charge in [-0.05, 0) is 19.1 Å². The fourth-order valence-corrected chi connectivity index (χ4v) is 0.877. The summed E-state index contributed by atoms with van der Waals surface area (Å²) in [6.07, 6.45) is 0.450. The summed E-state index contributed by atoms with van der Waals surface area (Å²) in [5.74, 6) is -0.0185. The Morgan fingerprint density at radius 2 is 2.10 bits per heavy atom. The van der Waals surface area contributed by atoms with Gasteiger partial charge in [-0.2, -0.15) is 0 Å². The number of thiocarbonyl (C=S) groups is 1. The van der Waals surface area contributed by atoms with Crippen LogP contribution in [0.4, 0.5) is 0 Å². The minimum atomic E-state index is -0.0185. The molecule has 0 spiro atoms. The van der Waals surface area contributed by atoms with Crippen LogP contribution in [0.25, 0.3) is 0 Å². The van der Waals surface area contributed by atoms with Crippen LogP contribution >= 0.6 is 12.2 Å². The maximum atomic E-state index is 10.9. The van der Waals surface area contributed by atoms with Gasteiger partial charge in [0.15, 0.2) is 5.11 Å². The molecule has 0 aliphatic carbocycles. The molecule has 0 heterocycles. The summed E-state index contributed by atoms with van der Waals surface area (Å²) in [7, 11) is 0. The summed E-state index contributed by atoms with van der Waals surface area (Å²) in [4.78, 5) is 12.3. The summed E-state index contributed by atoms with van der Waals surface area (Å²) in [5.41, 5.74) is 5.26. The smallest absolute Gasteiger partial charge is 0.228 e. The van der Waals surface area contributed by atoms with Crippen LogP contribution in [0.15, 0.2) is 0 Å². The first-order chi connectivity index (χ1) is 4.63. The maximum Gasteiger partial charge on any atom is 0.228 e. The molecule has 0 aromatic heterocycles. The van der Waals surface area contributed by atoms with E-state index in [1.807, 2.05) is 6.92 Å². The Balaban J connectivity index is 4.06. The molecule has 2 N–H and O–H groups in total. The number of nitrogens with two attached hydrogens (primary N) is 1. The van der Waals surface area contributed by atoms with Gasteiger partial charge in [0.2, 0.25) is 5.91 Å². The molecule has 4 heteroatoms. The third kappa shape index (κ3) is 2.31. The molecule has 0 aliphatic rings. The van der Waals surface area contributed by atoms with Crippen molar-refractivity contribution in [2.75, 3.05) is 6.54 Å². The van der Waals surface area contributed by atoms with Crippen molar-refractivity contribution in [3.8, 4) is 0 Å². The Hall–Kier alpha value is -0.640. The van der Waals surface area contributed by atoms with Crippen LogP contribution in [0.3, 0.4) is 0 Å². The van der Waals surface area contributed by atoms with Crippen molar-refractivity contribution in [3.63, 3.8) is 0 Å². The van der Waals surface area contributed by atoms with Gasteiger partial charge in [-0.3, -0.25) is 9.69 Å². The number of amides is 1. The van der Waals surface area contributed by atoms with Crippen molar-refractivity contribution in [2.24, 2.45) is 5.73 Å². The van der Waals surface area contributed by atoms with Gasteiger partial charge in [0.05, 0.1) is 0 Å².